The first kappa shape index (κ1) is 23.0. The molecule has 1 aliphatic heterocycles. The molecule has 1 atom stereocenters. The van der Waals surface area contributed by atoms with Crippen molar-refractivity contribution in [3.63, 3.8) is 0 Å². The minimum Gasteiger partial charge on any atom is -0.507 e. The monoisotopic (exact) mass is 451 g/mol. The third kappa shape index (κ3) is 4.03. The fraction of sp³-hybridized carbons (Fsp3) is 0.407. The van der Waals surface area contributed by atoms with Crippen molar-refractivity contribution in [1.82, 2.24) is 4.90 Å². The third-order valence-electron chi connectivity index (χ3n) is 6.84. The van der Waals surface area contributed by atoms with Crippen molar-refractivity contribution < 1.29 is 23.8 Å². The maximum atomic E-state index is 13.7. The van der Waals surface area contributed by atoms with E-state index in [2.05, 4.69) is 0 Å². The normalized spacial score (nSPS) is 20.8. The molecule has 1 unspecified atom stereocenters. The Balaban J connectivity index is 1.93. The average Bonchev–Trinajstić information content (AvgIpc) is 3.40. The van der Waals surface area contributed by atoms with Crippen molar-refractivity contribution in [3.8, 4) is 5.75 Å². The summed E-state index contributed by atoms with van der Waals surface area (Å²) < 4.78 is 19.2. The Morgan fingerprint density at radius 2 is 1.76 bits per heavy atom. The van der Waals surface area contributed by atoms with Crippen LogP contribution in [0.2, 0.25) is 0 Å². The highest BCUT2D eigenvalue weighted by molar-refractivity contribution is 6.46. The van der Waals surface area contributed by atoms with Gasteiger partial charge in [-0.2, -0.15) is 0 Å². The minimum absolute atomic E-state index is 0.0569. The Kier molecular flexibility index (Phi) is 6.28. The summed E-state index contributed by atoms with van der Waals surface area (Å²) in [5.41, 5.74) is 2.79. The van der Waals surface area contributed by atoms with Crippen LogP contribution in [0.25, 0.3) is 5.76 Å². The number of aliphatic hydroxyl groups is 1. The van der Waals surface area contributed by atoms with Crippen LogP contribution >= 0.6 is 0 Å². The maximum absolute atomic E-state index is 13.7. The molecule has 2 aromatic carbocycles. The van der Waals surface area contributed by atoms with Crippen molar-refractivity contribution in [1.29, 1.82) is 0 Å². The van der Waals surface area contributed by atoms with E-state index >= 15 is 0 Å². The Labute approximate surface area is 193 Å². The van der Waals surface area contributed by atoms with Crippen LogP contribution in [0, 0.1) is 12.7 Å². The van der Waals surface area contributed by atoms with Gasteiger partial charge in [0.25, 0.3) is 11.7 Å². The van der Waals surface area contributed by atoms with Gasteiger partial charge in [-0.1, -0.05) is 38.8 Å². The number of nitrogens with zero attached hydrogens (tertiary/aromatic N) is 1. The smallest absolute Gasteiger partial charge is 0.295 e. The van der Waals surface area contributed by atoms with Crippen LogP contribution in [0.4, 0.5) is 4.39 Å². The van der Waals surface area contributed by atoms with Crippen LogP contribution in [-0.2, 0) is 9.59 Å². The predicted molar refractivity (Wildman–Crippen MR) is 125 cm³/mol. The second-order valence-electron chi connectivity index (χ2n) is 9.26. The number of hydrogen-bond acceptors (Lipinski definition) is 4. The topological polar surface area (TPSA) is 66.8 Å². The van der Waals surface area contributed by atoms with Crippen LogP contribution in [0.5, 0.6) is 5.75 Å². The van der Waals surface area contributed by atoms with Crippen molar-refractivity contribution in [2.45, 2.75) is 64.5 Å². The summed E-state index contributed by atoms with van der Waals surface area (Å²) in [6.45, 7) is 5.88. The molecule has 2 aromatic rings. The second kappa shape index (κ2) is 9.00. The molecule has 174 valence electrons. The molecule has 2 fully saturated rings. The van der Waals surface area contributed by atoms with Gasteiger partial charge in [0.2, 0.25) is 0 Å². The molecule has 5 nitrogen and oxygen atoms in total. The van der Waals surface area contributed by atoms with Crippen molar-refractivity contribution in [2.24, 2.45) is 0 Å². The van der Waals surface area contributed by atoms with Gasteiger partial charge in [0.15, 0.2) is 0 Å². The van der Waals surface area contributed by atoms with Crippen molar-refractivity contribution in [3.05, 3.63) is 70.0 Å². The number of ketones is 1. The highest BCUT2D eigenvalue weighted by Crippen LogP contribution is 2.44. The molecular weight excluding hydrogens is 421 g/mol. The van der Waals surface area contributed by atoms with Gasteiger partial charge in [-0.25, -0.2) is 4.39 Å². The Morgan fingerprint density at radius 1 is 1.12 bits per heavy atom. The molecule has 0 radical (unpaired) electrons. The summed E-state index contributed by atoms with van der Waals surface area (Å²) in [5, 5.41) is 11.5. The van der Waals surface area contributed by atoms with Crippen LogP contribution < -0.4 is 4.74 Å². The van der Waals surface area contributed by atoms with Gasteiger partial charge in [-0.05, 0) is 66.6 Å². The lowest BCUT2D eigenvalue weighted by molar-refractivity contribution is -0.141. The molecule has 1 N–H and O–H groups in total. The summed E-state index contributed by atoms with van der Waals surface area (Å²) in [5.74, 6) is -1.07. The number of aryl methyl sites for hydroxylation is 1. The standard InChI is InChI=1S/C27H30FNO4/c1-15(2)20-14-21(16(3)13-22(20)33-4)25(30)23-24(17-9-11-18(28)12-10-17)29(27(32)26(23)31)19-7-5-6-8-19/h9-15,19,24,30H,5-8H2,1-4H3/b25-23+. The van der Waals surface area contributed by atoms with E-state index in [1.165, 1.54) is 12.1 Å². The van der Waals surface area contributed by atoms with Crippen LogP contribution in [0.1, 0.15) is 73.7 Å². The zero-order valence-corrected chi connectivity index (χ0v) is 19.5. The number of amides is 1. The first-order valence-corrected chi connectivity index (χ1v) is 11.5. The van der Waals surface area contributed by atoms with Gasteiger partial charge in [0.1, 0.15) is 17.3 Å². The highest BCUT2D eigenvalue weighted by atomic mass is 19.1. The molecule has 1 aliphatic carbocycles. The number of carbonyl (C=O) groups is 2. The van der Waals surface area contributed by atoms with Crippen molar-refractivity contribution in [2.75, 3.05) is 7.11 Å². The number of likely N-dealkylation sites (tertiary alicyclic amines) is 1. The van der Waals surface area contributed by atoms with Crippen LogP contribution in [0.3, 0.4) is 0 Å². The number of methoxy groups -OCH3 is 1. The molecule has 0 aromatic heterocycles. The molecular formula is C27H30FNO4. The number of carbonyl (C=O) groups excluding carboxylic acids is 2. The van der Waals surface area contributed by atoms with E-state index in [1.807, 2.05) is 32.9 Å². The summed E-state index contributed by atoms with van der Waals surface area (Å²) in [6, 6.07) is 8.65. The molecule has 1 heterocycles. The molecule has 6 heteroatoms. The van der Waals surface area contributed by atoms with Crippen LogP contribution in [-0.4, -0.2) is 34.8 Å². The molecule has 1 saturated heterocycles. The molecule has 4 rings (SSSR count). The van der Waals surface area contributed by atoms with E-state index in [9.17, 15) is 19.1 Å². The van der Waals surface area contributed by atoms with E-state index in [0.717, 1.165) is 36.8 Å². The lowest BCUT2D eigenvalue weighted by Gasteiger charge is -2.30. The van der Waals surface area contributed by atoms with Gasteiger partial charge in [0.05, 0.1) is 18.7 Å². The van der Waals surface area contributed by atoms with E-state index in [1.54, 1.807) is 24.1 Å². The zero-order chi connectivity index (χ0) is 23.9. The van der Waals surface area contributed by atoms with E-state index in [4.69, 9.17) is 4.74 Å². The Morgan fingerprint density at radius 3 is 2.33 bits per heavy atom. The molecule has 0 bridgehead atoms. The number of Topliss-reactive ketones (excluding diaryl/α,β-unsaturated/α-hetero) is 1. The second-order valence-corrected chi connectivity index (χ2v) is 9.26. The van der Waals surface area contributed by atoms with E-state index in [0.29, 0.717) is 16.9 Å². The zero-order valence-electron chi connectivity index (χ0n) is 19.5. The quantitative estimate of drug-likeness (QED) is 0.363. The van der Waals surface area contributed by atoms with Gasteiger partial charge in [-0.3, -0.25) is 9.59 Å². The van der Waals surface area contributed by atoms with Gasteiger partial charge in [0, 0.05) is 11.6 Å². The first-order valence-electron chi connectivity index (χ1n) is 11.5. The Hall–Kier alpha value is -3.15. The van der Waals surface area contributed by atoms with E-state index in [-0.39, 0.29) is 23.3 Å². The molecule has 33 heavy (non-hydrogen) atoms. The fourth-order valence-corrected chi connectivity index (χ4v) is 5.11. The first-order chi connectivity index (χ1) is 15.7. The predicted octanol–water partition coefficient (Wildman–Crippen LogP) is 5.63. The van der Waals surface area contributed by atoms with Gasteiger partial charge >= 0.3 is 0 Å². The minimum atomic E-state index is -0.752. The summed E-state index contributed by atoms with van der Waals surface area (Å²) in [6.07, 6.45) is 3.59. The number of benzene rings is 2. The third-order valence-corrected chi connectivity index (χ3v) is 6.84. The maximum Gasteiger partial charge on any atom is 0.295 e. The highest BCUT2D eigenvalue weighted by Gasteiger charge is 2.49. The van der Waals surface area contributed by atoms with Gasteiger partial charge in [-0.15, -0.1) is 0 Å². The summed E-state index contributed by atoms with van der Waals surface area (Å²) in [4.78, 5) is 28.1. The Bertz CT molecular complexity index is 1110. The fourth-order valence-electron chi connectivity index (χ4n) is 5.11. The molecule has 2 aliphatic rings. The van der Waals surface area contributed by atoms with E-state index < -0.39 is 23.5 Å². The van der Waals surface area contributed by atoms with Crippen LogP contribution in [0.15, 0.2) is 42.0 Å². The number of hydrogen-bond donors (Lipinski definition) is 1. The van der Waals surface area contributed by atoms with Crippen molar-refractivity contribution >= 4 is 17.4 Å². The van der Waals surface area contributed by atoms with Gasteiger partial charge < -0.3 is 14.7 Å². The summed E-state index contributed by atoms with van der Waals surface area (Å²) >= 11 is 0. The number of ether oxygens (including phenoxy) is 1. The average molecular weight is 452 g/mol. The number of rotatable bonds is 5. The molecule has 0 spiro atoms. The molecule has 1 saturated carbocycles. The number of halogens is 1. The largest absolute Gasteiger partial charge is 0.507 e. The lowest BCUT2D eigenvalue weighted by atomic mass is 9.90. The lowest BCUT2D eigenvalue weighted by Crippen LogP contribution is -2.37. The number of aliphatic hydroxyl groups excluding tert-OH is 1. The molecule has 1 amide bonds. The SMILES string of the molecule is COc1cc(C)c(/C(O)=C2\C(=O)C(=O)N(C3CCCC3)C2c2ccc(F)cc2)cc1C(C)C. The summed E-state index contributed by atoms with van der Waals surface area (Å²) in [7, 11) is 1.60.